The van der Waals surface area contributed by atoms with Crippen LogP contribution in [0.2, 0.25) is 0 Å². The van der Waals surface area contributed by atoms with Crippen molar-refractivity contribution < 1.29 is 19.1 Å². The smallest absolute Gasteiger partial charge is 0.338 e. The Morgan fingerprint density at radius 3 is 2.24 bits per heavy atom. The highest BCUT2D eigenvalue weighted by Crippen LogP contribution is 2.42. The molecule has 192 valence electrons. The molecule has 3 aromatic rings. The number of carbonyl (C=O) groups excluding carboxylic acids is 3. The number of nitrogens with zero attached hydrogens (tertiary/aromatic N) is 2. The van der Waals surface area contributed by atoms with E-state index in [9.17, 15) is 19.6 Å². The van der Waals surface area contributed by atoms with Crippen LogP contribution >= 0.6 is 11.8 Å². The van der Waals surface area contributed by atoms with Gasteiger partial charge in [0.25, 0.3) is 5.91 Å². The molecular formula is C30H27N3O4S. The van der Waals surface area contributed by atoms with E-state index in [-0.39, 0.29) is 18.1 Å². The van der Waals surface area contributed by atoms with Crippen molar-refractivity contribution in [2.45, 2.75) is 31.9 Å². The molecule has 1 atom stereocenters. The monoisotopic (exact) mass is 525 g/mol. The fourth-order valence-corrected chi connectivity index (χ4v) is 5.33. The van der Waals surface area contributed by atoms with Gasteiger partial charge in [-0.1, -0.05) is 61.2 Å². The predicted molar refractivity (Wildman–Crippen MR) is 148 cm³/mol. The molecule has 1 fully saturated rings. The van der Waals surface area contributed by atoms with E-state index in [2.05, 4.69) is 5.32 Å². The van der Waals surface area contributed by atoms with Crippen LogP contribution < -0.4 is 10.2 Å². The Balaban J connectivity index is 1.63. The molecule has 0 spiro atoms. The Morgan fingerprint density at radius 1 is 0.974 bits per heavy atom. The van der Waals surface area contributed by atoms with Gasteiger partial charge in [-0.3, -0.25) is 14.5 Å². The lowest BCUT2D eigenvalue weighted by atomic mass is 10.1. The second-order valence-electron chi connectivity index (χ2n) is 8.53. The molecule has 2 amide bonds. The van der Waals surface area contributed by atoms with Crippen molar-refractivity contribution in [1.82, 2.24) is 0 Å². The lowest BCUT2D eigenvalue weighted by Gasteiger charge is -2.18. The molecule has 1 N–H and O–H groups in total. The van der Waals surface area contributed by atoms with E-state index in [0.717, 1.165) is 17.5 Å². The van der Waals surface area contributed by atoms with Crippen LogP contribution in [0.3, 0.4) is 0 Å². The largest absolute Gasteiger partial charge is 0.462 e. The van der Waals surface area contributed by atoms with E-state index in [1.807, 2.05) is 31.2 Å². The van der Waals surface area contributed by atoms with E-state index >= 15 is 0 Å². The summed E-state index contributed by atoms with van der Waals surface area (Å²) in [6.45, 7) is 4.08. The molecule has 7 nitrogen and oxygen atoms in total. The van der Waals surface area contributed by atoms with Crippen LogP contribution in [0, 0.1) is 11.3 Å². The number of hydrogen-bond donors (Lipinski definition) is 1. The molecule has 0 saturated carbocycles. The Hall–Kier alpha value is -4.35. The third-order valence-electron chi connectivity index (χ3n) is 6.03. The highest BCUT2D eigenvalue weighted by Gasteiger charge is 2.40. The Kier molecular flexibility index (Phi) is 8.62. The number of nitrogens with one attached hydrogen (secondary N) is 1. The van der Waals surface area contributed by atoms with Gasteiger partial charge < -0.3 is 10.1 Å². The molecule has 0 bridgehead atoms. The van der Waals surface area contributed by atoms with Gasteiger partial charge in [0.15, 0.2) is 0 Å². The average Bonchev–Trinajstić information content (AvgIpc) is 3.25. The van der Waals surface area contributed by atoms with E-state index in [0.29, 0.717) is 28.4 Å². The second-order valence-corrected chi connectivity index (χ2v) is 9.73. The SMILES string of the molecule is CCOC(=O)c1ccc(C[C@@H]2S/C(=C(\C#N)C(=O)Nc3ccc(CC)cc3)N(c3ccccc3)C2=O)cc1. The molecule has 1 aliphatic heterocycles. The summed E-state index contributed by atoms with van der Waals surface area (Å²) in [4.78, 5) is 40.2. The maximum atomic E-state index is 13.6. The van der Waals surface area contributed by atoms with Crippen LogP contribution in [0.15, 0.2) is 89.5 Å². The van der Waals surface area contributed by atoms with Crippen molar-refractivity contribution in [2.75, 3.05) is 16.8 Å². The predicted octanol–water partition coefficient (Wildman–Crippen LogP) is 5.49. The first-order chi connectivity index (χ1) is 18.4. The highest BCUT2D eigenvalue weighted by atomic mass is 32.2. The number of rotatable bonds is 8. The van der Waals surface area contributed by atoms with Gasteiger partial charge >= 0.3 is 5.97 Å². The number of esters is 1. The van der Waals surface area contributed by atoms with E-state index in [1.165, 1.54) is 16.7 Å². The quantitative estimate of drug-likeness (QED) is 0.237. The molecule has 1 aliphatic rings. The summed E-state index contributed by atoms with van der Waals surface area (Å²) in [6, 6.07) is 25.3. The van der Waals surface area contributed by atoms with Crippen molar-refractivity contribution >= 4 is 40.9 Å². The van der Waals surface area contributed by atoms with Crippen LogP contribution in [-0.2, 0) is 27.2 Å². The van der Waals surface area contributed by atoms with Crippen LogP contribution in [0.5, 0.6) is 0 Å². The van der Waals surface area contributed by atoms with Crippen molar-refractivity contribution in [1.29, 1.82) is 5.26 Å². The van der Waals surface area contributed by atoms with Gasteiger partial charge in [0.1, 0.15) is 16.7 Å². The van der Waals surface area contributed by atoms with E-state index < -0.39 is 17.1 Å². The summed E-state index contributed by atoms with van der Waals surface area (Å²) >= 11 is 1.19. The fraction of sp³-hybridized carbons (Fsp3) is 0.200. The fourth-order valence-electron chi connectivity index (χ4n) is 4.02. The first-order valence-electron chi connectivity index (χ1n) is 12.3. The Labute approximate surface area is 226 Å². The minimum Gasteiger partial charge on any atom is -0.462 e. The minimum absolute atomic E-state index is 0.132. The van der Waals surface area contributed by atoms with Crippen molar-refractivity contribution in [3.05, 3.63) is 106 Å². The van der Waals surface area contributed by atoms with Crippen molar-refractivity contribution in [3.63, 3.8) is 0 Å². The van der Waals surface area contributed by atoms with Crippen LogP contribution in [0.25, 0.3) is 0 Å². The summed E-state index contributed by atoms with van der Waals surface area (Å²) in [7, 11) is 0. The Bertz CT molecular complexity index is 1390. The highest BCUT2D eigenvalue weighted by molar-refractivity contribution is 8.05. The molecule has 1 saturated heterocycles. The minimum atomic E-state index is -0.576. The van der Waals surface area contributed by atoms with E-state index in [1.54, 1.807) is 67.6 Å². The zero-order valence-corrected chi connectivity index (χ0v) is 22.0. The lowest BCUT2D eigenvalue weighted by Crippen LogP contribution is -2.30. The van der Waals surface area contributed by atoms with Gasteiger partial charge in [-0.05, 0) is 67.3 Å². The molecule has 0 radical (unpaired) electrons. The van der Waals surface area contributed by atoms with Gasteiger partial charge in [-0.2, -0.15) is 5.26 Å². The average molecular weight is 526 g/mol. The summed E-state index contributed by atoms with van der Waals surface area (Å²) < 4.78 is 5.03. The molecule has 0 aromatic heterocycles. The number of thioether (sulfide) groups is 1. The summed E-state index contributed by atoms with van der Waals surface area (Å²) in [6.07, 6.45) is 1.23. The Morgan fingerprint density at radius 2 is 1.63 bits per heavy atom. The summed E-state index contributed by atoms with van der Waals surface area (Å²) in [5, 5.41) is 12.5. The molecular weight excluding hydrogens is 498 g/mol. The van der Waals surface area contributed by atoms with Crippen molar-refractivity contribution in [3.8, 4) is 6.07 Å². The zero-order valence-electron chi connectivity index (χ0n) is 21.1. The number of benzene rings is 3. The number of ether oxygens (including phenoxy) is 1. The maximum Gasteiger partial charge on any atom is 0.338 e. The number of hydrogen-bond acceptors (Lipinski definition) is 6. The topological polar surface area (TPSA) is 99.5 Å². The first-order valence-corrected chi connectivity index (χ1v) is 13.2. The molecule has 0 aliphatic carbocycles. The molecule has 38 heavy (non-hydrogen) atoms. The maximum absolute atomic E-state index is 13.6. The molecule has 1 heterocycles. The van der Waals surface area contributed by atoms with Gasteiger partial charge in [0.05, 0.1) is 17.4 Å². The van der Waals surface area contributed by atoms with Crippen molar-refractivity contribution in [2.24, 2.45) is 0 Å². The number of aryl methyl sites for hydroxylation is 1. The van der Waals surface area contributed by atoms with Crippen LogP contribution in [0.4, 0.5) is 11.4 Å². The van der Waals surface area contributed by atoms with Gasteiger partial charge in [-0.25, -0.2) is 4.79 Å². The second kappa shape index (κ2) is 12.3. The molecule has 4 rings (SSSR count). The van der Waals surface area contributed by atoms with Crippen LogP contribution in [-0.4, -0.2) is 29.6 Å². The lowest BCUT2D eigenvalue weighted by molar-refractivity contribution is -0.117. The third kappa shape index (κ3) is 5.96. The molecule has 8 heteroatoms. The number of para-hydroxylation sites is 1. The third-order valence-corrected chi connectivity index (χ3v) is 7.29. The molecule has 0 unspecified atom stereocenters. The number of nitriles is 1. The summed E-state index contributed by atoms with van der Waals surface area (Å²) in [5.41, 5.74) is 3.42. The van der Waals surface area contributed by atoms with Crippen LogP contribution in [0.1, 0.15) is 35.3 Å². The molecule has 3 aromatic carbocycles. The standard InChI is InChI=1S/C30H27N3O4S/c1-3-20-12-16-23(17-13-20)32-27(34)25(19-31)29-33(24-8-6-5-7-9-24)28(35)26(38-29)18-21-10-14-22(15-11-21)30(36)37-4-2/h5-17,26H,3-4,18H2,1-2H3,(H,32,34)/b29-25+/t26-/m0/s1. The van der Waals surface area contributed by atoms with Gasteiger partial charge in [-0.15, -0.1) is 0 Å². The first kappa shape index (κ1) is 26.7. The normalized spacial score (nSPS) is 16.1. The van der Waals surface area contributed by atoms with E-state index in [4.69, 9.17) is 4.74 Å². The number of amides is 2. The van der Waals surface area contributed by atoms with Gasteiger partial charge in [0, 0.05) is 11.4 Å². The zero-order chi connectivity index (χ0) is 27.1. The summed E-state index contributed by atoms with van der Waals surface area (Å²) in [5.74, 6) is -1.20. The number of anilines is 2. The van der Waals surface area contributed by atoms with Gasteiger partial charge in [0.2, 0.25) is 5.91 Å². The number of carbonyl (C=O) groups is 3.